The van der Waals surface area contributed by atoms with Crippen molar-refractivity contribution in [3.8, 4) is 11.3 Å². The number of anilines is 1. The third-order valence-corrected chi connectivity index (χ3v) is 5.96. The van der Waals surface area contributed by atoms with E-state index in [9.17, 15) is 0 Å². The number of hydrogen-bond donors (Lipinski definition) is 3. The highest BCUT2D eigenvalue weighted by Gasteiger charge is 2.13. The lowest BCUT2D eigenvalue weighted by Gasteiger charge is -2.27. The summed E-state index contributed by atoms with van der Waals surface area (Å²) >= 11 is 0. The highest BCUT2D eigenvalue weighted by molar-refractivity contribution is 5.91. The molecule has 2 aromatic heterocycles. The third-order valence-electron chi connectivity index (χ3n) is 5.96. The molecule has 0 spiro atoms. The molecule has 0 radical (unpaired) electrons. The summed E-state index contributed by atoms with van der Waals surface area (Å²) in [6, 6.07) is 21.5. The van der Waals surface area contributed by atoms with Gasteiger partial charge in [-0.3, -0.25) is 4.90 Å². The summed E-state index contributed by atoms with van der Waals surface area (Å²) in [5.41, 5.74) is 5.63. The molecule has 0 bridgehead atoms. The molecule has 6 nitrogen and oxygen atoms in total. The summed E-state index contributed by atoms with van der Waals surface area (Å²) in [7, 11) is 0. The smallest absolute Gasteiger partial charge is 0.143 e. The molecule has 3 heterocycles. The fourth-order valence-corrected chi connectivity index (χ4v) is 4.16. The van der Waals surface area contributed by atoms with E-state index >= 15 is 0 Å². The number of aromatic nitrogens is 3. The minimum absolute atomic E-state index is 0.155. The molecule has 6 heteroatoms. The number of piperazine rings is 1. The van der Waals surface area contributed by atoms with Crippen molar-refractivity contribution in [2.45, 2.75) is 19.5 Å². The Morgan fingerprint density at radius 2 is 1.77 bits per heavy atom. The van der Waals surface area contributed by atoms with Crippen LogP contribution in [0, 0.1) is 0 Å². The lowest BCUT2D eigenvalue weighted by atomic mass is 10.1. The summed E-state index contributed by atoms with van der Waals surface area (Å²) in [4.78, 5) is 14.9. The first-order chi connectivity index (χ1) is 15.3. The van der Waals surface area contributed by atoms with Gasteiger partial charge in [0.15, 0.2) is 0 Å². The summed E-state index contributed by atoms with van der Waals surface area (Å²) in [6.07, 6.45) is 1.61. The molecule has 1 atom stereocenters. The SMILES string of the molecule is CC(Nc1ncnc2[nH]c(-c3ccc(CN4CCNCC4)cc3)cc12)c1ccccc1. The van der Waals surface area contributed by atoms with Gasteiger partial charge in [0.2, 0.25) is 0 Å². The maximum atomic E-state index is 4.51. The van der Waals surface area contributed by atoms with Crippen molar-refractivity contribution in [3.63, 3.8) is 0 Å². The van der Waals surface area contributed by atoms with E-state index in [-0.39, 0.29) is 6.04 Å². The minimum Gasteiger partial charge on any atom is -0.363 e. The van der Waals surface area contributed by atoms with E-state index < -0.39 is 0 Å². The summed E-state index contributed by atoms with van der Waals surface area (Å²) in [5, 5.41) is 7.95. The molecule has 158 valence electrons. The second kappa shape index (κ2) is 8.88. The molecule has 3 N–H and O–H groups in total. The Morgan fingerprint density at radius 1 is 1.00 bits per heavy atom. The van der Waals surface area contributed by atoms with Crippen molar-refractivity contribution in [3.05, 3.63) is 78.1 Å². The number of nitrogens with zero attached hydrogens (tertiary/aromatic N) is 3. The molecular formula is C25H28N6. The largest absolute Gasteiger partial charge is 0.363 e. The zero-order valence-electron chi connectivity index (χ0n) is 17.8. The first-order valence-corrected chi connectivity index (χ1v) is 10.9. The first kappa shape index (κ1) is 19.7. The van der Waals surface area contributed by atoms with Crippen LogP contribution in [0.15, 0.2) is 67.0 Å². The van der Waals surface area contributed by atoms with Gasteiger partial charge < -0.3 is 15.6 Å². The van der Waals surface area contributed by atoms with E-state index in [0.717, 1.165) is 60.8 Å². The molecule has 0 saturated carbocycles. The number of aromatic amines is 1. The van der Waals surface area contributed by atoms with Gasteiger partial charge in [-0.15, -0.1) is 0 Å². The monoisotopic (exact) mass is 412 g/mol. The zero-order chi connectivity index (χ0) is 21.0. The van der Waals surface area contributed by atoms with Gasteiger partial charge in [-0.25, -0.2) is 9.97 Å². The average Bonchev–Trinajstić information content (AvgIpc) is 3.26. The van der Waals surface area contributed by atoms with Crippen molar-refractivity contribution < 1.29 is 0 Å². The first-order valence-electron chi connectivity index (χ1n) is 10.9. The molecule has 2 aromatic carbocycles. The topological polar surface area (TPSA) is 68.9 Å². The van der Waals surface area contributed by atoms with Crippen LogP contribution in [0.25, 0.3) is 22.3 Å². The van der Waals surface area contributed by atoms with E-state index in [4.69, 9.17) is 0 Å². The second-order valence-corrected chi connectivity index (χ2v) is 8.17. The molecular weight excluding hydrogens is 384 g/mol. The van der Waals surface area contributed by atoms with Crippen LogP contribution in [0.4, 0.5) is 5.82 Å². The predicted octanol–water partition coefficient (Wildman–Crippen LogP) is 4.20. The second-order valence-electron chi connectivity index (χ2n) is 8.17. The van der Waals surface area contributed by atoms with Gasteiger partial charge in [-0.05, 0) is 29.7 Å². The molecule has 5 rings (SSSR count). The molecule has 31 heavy (non-hydrogen) atoms. The molecule has 0 amide bonds. The Bertz CT molecular complexity index is 1130. The van der Waals surface area contributed by atoms with E-state index in [0.29, 0.717) is 0 Å². The van der Waals surface area contributed by atoms with Crippen LogP contribution in [0.2, 0.25) is 0 Å². The van der Waals surface area contributed by atoms with Crippen molar-refractivity contribution >= 4 is 16.9 Å². The molecule has 1 aliphatic heterocycles. The van der Waals surface area contributed by atoms with Gasteiger partial charge in [-0.2, -0.15) is 0 Å². The lowest BCUT2D eigenvalue weighted by Crippen LogP contribution is -2.42. The number of hydrogen-bond acceptors (Lipinski definition) is 5. The molecule has 4 aromatic rings. The maximum Gasteiger partial charge on any atom is 0.143 e. The van der Waals surface area contributed by atoms with Gasteiger partial charge in [0.1, 0.15) is 17.8 Å². The number of nitrogens with one attached hydrogen (secondary N) is 3. The van der Waals surface area contributed by atoms with Crippen molar-refractivity contribution in [1.29, 1.82) is 0 Å². The number of fused-ring (bicyclic) bond motifs is 1. The fraction of sp³-hybridized carbons (Fsp3) is 0.280. The van der Waals surface area contributed by atoms with Gasteiger partial charge in [0.05, 0.1) is 5.39 Å². The standard InChI is InChI=1S/C25H28N6/c1-18(20-5-3-2-4-6-20)29-24-22-15-23(30-25(22)28-17-27-24)21-9-7-19(8-10-21)16-31-13-11-26-12-14-31/h2-10,15,17-18,26H,11-14,16H2,1H3,(H2,27,28,29,30). The molecule has 1 aliphatic rings. The van der Waals surface area contributed by atoms with Crippen molar-refractivity contribution in [2.24, 2.45) is 0 Å². The Morgan fingerprint density at radius 3 is 2.55 bits per heavy atom. The highest BCUT2D eigenvalue weighted by atomic mass is 15.2. The van der Waals surface area contributed by atoms with Crippen LogP contribution in [0.1, 0.15) is 24.1 Å². The number of rotatable bonds is 6. The Hall–Kier alpha value is -3.22. The Balaban J connectivity index is 1.35. The Labute approximate surface area is 182 Å². The summed E-state index contributed by atoms with van der Waals surface area (Å²) < 4.78 is 0. The van der Waals surface area contributed by atoms with Crippen molar-refractivity contribution in [2.75, 3.05) is 31.5 Å². The molecule has 1 fully saturated rings. The lowest BCUT2D eigenvalue weighted by molar-refractivity contribution is 0.233. The fourth-order valence-electron chi connectivity index (χ4n) is 4.16. The van der Waals surface area contributed by atoms with Gasteiger partial charge in [-0.1, -0.05) is 54.6 Å². The van der Waals surface area contributed by atoms with Crippen LogP contribution in [0.3, 0.4) is 0 Å². The van der Waals surface area contributed by atoms with Crippen LogP contribution < -0.4 is 10.6 Å². The normalized spacial score (nSPS) is 15.8. The van der Waals surface area contributed by atoms with Crippen LogP contribution in [-0.2, 0) is 6.54 Å². The van der Waals surface area contributed by atoms with Crippen LogP contribution in [0.5, 0.6) is 0 Å². The van der Waals surface area contributed by atoms with E-state index in [1.807, 2.05) is 6.07 Å². The number of H-pyrrole nitrogens is 1. The zero-order valence-corrected chi connectivity index (χ0v) is 17.8. The van der Waals surface area contributed by atoms with Crippen LogP contribution >= 0.6 is 0 Å². The molecule has 1 saturated heterocycles. The number of benzene rings is 2. The minimum atomic E-state index is 0.155. The molecule has 0 aliphatic carbocycles. The quantitative estimate of drug-likeness (QED) is 0.443. The maximum absolute atomic E-state index is 4.51. The average molecular weight is 413 g/mol. The van der Waals surface area contributed by atoms with E-state index in [2.05, 4.69) is 92.0 Å². The van der Waals surface area contributed by atoms with E-state index in [1.54, 1.807) is 6.33 Å². The third kappa shape index (κ3) is 4.45. The van der Waals surface area contributed by atoms with Gasteiger partial charge in [0, 0.05) is 44.5 Å². The summed E-state index contributed by atoms with van der Waals surface area (Å²) in [6.45, 7) is 7.53. The van der Waals surface area contributed by atoms with Gasteiger partial charge in [0.25, 0.3) is 0 Å². The predicted molar refractivity (Wildman–Crippen MR) is 126 cm³/mol. The Kier molecular flexibility index (Phi) is 5.65. The van der Waals surface area contributed by atoms with Gasteiger partial charge >= 0.3 is 0 Å². The highest BCUT2D eigenvalue weighted by Crippen LogP contribution is 2.29. The summed E-state index contributed by atoms with van der Waals surface area (Å²) in [5.74, 6) is 0.846. The van der Waals surface area contributed by atoms with Crippen LogP contribution in [-0.4, -0.2) is 46.0 Å². The van der Waals surface area contributed by atoms with Crippen molar-refractivity contribution in [1.82, 2.24) is 25.2 Å². The van der Waals surface area contributed by atoms with E-state index in [1.165, 1.54) is 11.1 Å². The molecule has 1 unspecified atom stereocenters.